The Morgan fingerprint density at radius 2 is 1.89 bits per heavy atom. The Morgan fingerprint density at radius 3 is 2.67 bits per heavy atom. The number of anilines is 1. The number of para-hydroxylation sites is 1. The molecule has 0 fully saturated rings. The van der Waals surface area contributed by atoms with Crippen molar-refractivity contribution in [3.63, 3.8) is 0 Å². The molecule has 0 spiro atoms. The first-order chi connectivity index (χ1) is 13.2. The molecule has 0 saturated carbocycles. The van der Waals surface area contributed by atoms with E-state index in [1.165, 1.54) is 0 Å². The van der Waals surface area contributed by atoms with Crippen molar-refractivity contribution < 1.29 is 9.32 Å². The average Bonchev–Trinajstić information content (AvgIpc) is 3.35. The van der Waals surface area contributed by atoms with Gasteiger partial charge in [-0.25, -0.2) is 0 Å². The SMILES string of the molecule is O=C(Nc1ccccc1Cc1nc(-c2cccs2)no1)c1ccc(Br)cc1. The number of thiophene rings is 1. The number of hydrogen-bond donors (Lipinski definition) is 1. The predicted octanol–water partition coefficient (Wildman–Crippen LogP) is 5.40. The maximum Gasteiger partial charge on any atom is 0.255 e. The highest BCUT2D eigenvalue weighted by Crippen LogP contribution is 2.24. The predicted molar refractivity (Wildman–Crippen MR) is 109 cm³/mol. The van der Waals surface area contributed by atoms with Gasteiger partial charge in [-0.15, -0.1) is 11.3 Å². The summed E-state index contributed by atoms with van der Waals surface area (Å²) in [6.07, 6.45) is 0.440. The molecule has 2 aromatic heterocycles. The molecule has 0 aliphatic carbocycles. The Kier molecular flexibility index (Phi) is 5.13. The molecule has 0 atom stereocenters. The van der Waals surface area contributed by atoms with Gasteiger partial charge in [-0.2, -0.15) is 4.98 Å². The number of amides is 1. The summed E-state index contributed by atoms with van der Waals surface area (Å²) in [6, 6.07) is 18.7. The van der Waals surface area contributed by atoms with Gasteiger partial charge >= 0.3 is 0 Å². The van der Waals surface area contributed by atoms with Crippen LogP contribution in [-0.4, -0.2) is 16.0 Å². The van der Waals surface area contributed by atoms with Gasteiger partial charge in [0.15, 0.2) is 0 Å². The summed E-state index contributed by atoms with van der Waals surface area (Å²) >= 11 is 4.93. The van der Waals surface area contributed by atoms with Crippen LogP contribution in [0.5, 0.6) is 0 Å². The van der Waals surface area contributed by atoms with Gasteiger partial charge in [0, 0.05) is 15.7 Å². The summed E-state index contributed by atoms with van der Waals surface area (Å²) in [5.74, 6) is 0.917. The van der Waals surface area contributed by atoms with E-state index in [1.807, 2.05) is 53.9 Å². The molecule has 4 rings (SSSR count). The van der Waals surface area contributed by atoms with Crippen molar-refractivity contribution in [3.05, 3.63) is 87.5 Å². The lowest BCUT2D eigenvalue weighted by molar-refractivity contribution is 0.102. The van der Waals surface area contributed by atoms with Crippen LogP contribution in [0.1, 0.15) is 21.8 Å². The molecular formula is C20H14BrN3O2S. The second kappa shape index (κ2) is 7.85. The molecule has 0 bridgehead atoms. The van der Waals surface area contributed by atoms with Gasteiger partial charge in [0.1, 0.15) is 0 Å². The molecule has 0 saturated heterocycles. The second-order valence-corrected chi connectivity index (χ2v) is 7.65. The number of nitrogens with one attached hydrogen (secondary N) is 1. The van der Waals surface area contributed by atoms with Gasteiger partial charge in [-0.3, -0.25) is 4.79 Å². The fourth-order valence-corrected chi connectivity index (χ4v) is 3.50. The van der Waals surface area contributed by atoms with Crippen molar-refractivity contribution in [2.45, 2.75) is 6.42 Å². The van der Waals surface area contributed by atoms with Crippen LogP contribution in [0.2, 0.25) is 0 Å². The molecule has 1 N–H and O–H groups in total. The largest absolute Gasteiger partial charge is 0.339 e. The van der Waals surface area contributed by atoms with Crippen LogP contribution >= 0.6 is 27.3 Å². The highest BCUT2D eigenvalue weighted by atomic mass is 79.9. The number of carbonyl (C=O) groups is 1. The van der Waals surface area contributed by atoms with Crippen LogP contribution in [0.25, 0.3) is 10.7 Å². The van der Waals surface area contributed by atoms with E-state index in [9.17, 15) is 4.79 Å². The second-order valence-electron chi connectivity index (χ2n) is 5.78. The first-order valence-corrected chi connectivity index (χ1v) is 9.87. The maximum absolute atomic E-state index is 12.5. The van der Waals surface area contributed by atoms with E-state index in [4.69, 9.17) is 4.52 Å². The van der Waals surface area contributed by atoms with Crippen LogP contribution < -0.4 is 5.32 Å². The van der Waals surface area contributed by atoms with Crippen LogP contribution in [0.4, 0.5) is 5.69 Å². The third-order valence-electron chi connectivity index (χ3n) is 3.92. The minimum atomic E-state index is -0.167. The standard InChI is InChI=1S/C20H14BrN3O2S/c21-15-9-7-13(8-10-15)20(25)22-16-5-2-1-4-14(16)12-18-23-19(24-26-18)17-6-3-11-27-17/h1-11H,12H2,(H,22,25). The topological polar surface area (TPSA) is 68.0 Å². The van der Waals surface area contributed by atoms with Gasteiger partial charge in [-0.05, 0) is 47.3 Å². The lowest BCUT2D eigenvalue weighted by Crippen LogP contribution is -2.13. The zero-order valence-electron chi connectivity index (χ0n) is 14.1. The van der Waals surface area contributed by atoms with Crippen molar-refractivity contribution in [1.82, 2.24) is 10.1 Å². The highest BCUT2D eigenvalue weighted by Gasteiger charge is 2.14. The monoisotopic (exact) mass is 439 g/mol. The van der Waals surface area contributed by atoms with Gasteiger partial charge in [0.25, 0.3) is 5.91 Å². The van der Waals surface area contributed by atoms with E-state index in [0.717, 1.165) is 20.6 Å². The van der Waals surface area contributed by atoms with Gasteiger partial charge < -0.3 is 9.84 Å². The summed E-state index contributed by atoms with van der Waals surface area (Å²) < 4.78 is 6.31. The van der Waals surface area contributed by atoms with Gasteiger partial charge in [0.2, 0.25) is 11.7 Å². The fourth-order valence-electron chi connectivity index (χ4n) is 2.59. The molecule has 0 unspecified atom stereocenters. The molecular weight excluding hydrogens is 426 g/mol. The van der Waals surface area contributed by atoms with E-state index in [2.05, 4.69) is 31.4 Å². The number of aromatic nitrogens is 2. The first kappa shape index (κ1) is 17.6. The first-order valence-electron chi connectivity index (χ1n) is 8.20. The van der Waals surface area contributed by atoms with Crippen LogP contribution in [0.15, 0.2) is 75.0 Å². The van der Waals surface area contributed by atoms with E-state index < -0.39 is 0 Å². The lowest BCUT2D eigenvalue weighted by Gasteiger charge is -2.10. The summed E-state index contributed by atoms with van der Waals surface area (Å²) in [7, 11) is 0. The Labute approximate surface area is 168 Å². The Balaban J connectivity index is 1.53. The fraction of sp³-hybridized carbons (Fsp3) is 0.0500. The summed E-state index contributed by atoms with van der Waals surface area (Å²) in [5, 5.41) is 8.96. The third-order valence-corrected chi connectivity index (χ3v) is 5.32. The number of rotatable bonds is 5. The van der Waals surface area contributed by atoms with E-state index in [-0.39, 0.29) is 5.91 Å². The molecule has 27 heavy (non-hydrogen) atoms. The smallest absolute Gasteiger partial charge is 0.255 e. The molecule has 0 radical (unpaired) electrons. The van der Waals surface area contributed by atoms with Crippen molar-refractivity contribution >= 4 is 38.9 Å². The molecule has 1 amide bonds. The molecule has 0 aliphatic heterocycles. The Morgan fingerprint density at radius 1 is 1.07 bits per heavy atom. The number of benzene rings is 2. The van der Waals surface area contributed by atoms with Crippen molar-refractivity contribution in [2.75, 3.05) is 5.32 Å². The molecule has 134 valence electrons. The Bertz CT molecular complexity index is 1060. The molecule has 0 aliphatic rings. The summed E-state index contributed by atoms with van der Waals surface area (Å²) in [5.41, 5.74) is 2.22. The summed E-state index contributed by atoms with van der Waals surface area (Å²) in [4.78, 5) is 17.9. The molecule has 7 heteroatoms. The summed E-state index contributed by atoms with van der Waals surface area (Å²) in [6.45, 7) is 0. The molecule has 2 heterocycles. The van der Waals surface area contributed by atoms with Gasteiger partial charge in [-0.1, -0.05) is 45.4 Å². The van der Waals surface area contributed by atoms with Crippen LogP contribution in [0, 0.1) is 0 Å². The zero-order valence-corrected chi connectivity index (χ0v) is 16.5. The Hall–Kier alpha value is -2.77. The minimum absolute atomic E-state index is 0.167. The van der Waals surface area contributed by atoms with Crippen molar-refractivity contribution in [1.29, 1.82) is 0 Å². The van der Waals surface area contributed by atoms with Crippen molar-refractivity contribution in [2.24, 2.45) is 0 Å². The zero-order chi connectivity index (χ0) is 18.6. The average molecular weight is 440 g/mol. The van der Waals surface area contributed by atoms with Crippen LogP contribution in [0.3, 0.4) is 0 Å². The molecule has 5 nitrogen and oxygen atoms in total. The van der Waals surface area contributed by atoms with E-state index in [1.54, 1.807) is 23.5 Å². The van der Waals surface area contributed by atoms with Gasteiger partial charge in [0.05, 0.1) is 11.3 Å². The van der Waals surface area contributed by atoms with E-state index >= 15 is 0 Å². The molecule has 4 aromatic rings. The quantitative estimate of drug-likeness (QED) is 0.451. The van der Waals surface area contributed by atoms with Crippen LogP contribution in [-0.2, 0) is 6.42 Å². The number of carbonyl (C=O) groups excluding carboxylic acids is 1. The van der Waals surface area contributed by atoms with E-state index in [0.29, 0.717) is 23.7 Å². The highest BCUT2D eigenvalue weighted by molar-refractivity contribution is 9.10. The maximum atomic E-state index is 12.5. The lowest BCUT2D eigenvalue weighted by atomic mass is 10.1. The number of hydrogen-bond acceptors (Lipinski definition) is 5. The number of halogens is 1. The normalized spacial score (nSPS) is 10.7. The minimum Gasteiger partial charge on any atom is -0.339 e. The molecule has 2 aromatic carbocycles. The number of nitrogens with zero attached hydrogens (tertiary/aromatic N) is 2. The third kappa shape index (κ3) is 4.15. The van der Waals surface area contributed by atoms with Crippen molar-refractivity contribution in [3.8, 4) is 10.7 Å².